The van der Waals surface area contributed by atoms with Crippen LogP contribution in [0.5, 0.6) is 5.75 Å². The van der Waals surface area contributed by atoms with E-state index in [1.807, 2.05) is 54.6 Å². The van der Waals surface area contributed by atoms with Gasteiger partial charge in [0.2, 0.25) is 0 Å². The summed E-state index contributed by atoms with van der Waals surface area (Å²) in [5.74, 6) is 0.452. The summed E-state index contributed by atoms with van der Waals surface area (Å²) in [5, 5.41) is 14.6. The molecule has 5 rings (SSSR count). The third-order valence-corrected chi connectivity index (χ3v) is 5.71. The van der Waals surface area contributed by atoms with Gasteiger partial charge in [0.05, 0.1) is 12.7 Å². The highest BCUT2D eigenvalue weighted by atomic mass is 16.5. The van der Waals surface area contributed by atoms with Gasteiger partial charge in [-0.05, 0) is 23.8 Å². The number of hydrogen-bond donors (Lipinski definition) is 1. The van der Waals surface area contributed by atoms with Gasteiger partial charge in [-0.1, -0.05) is 61.2 Å². The molecule has 6 heteroatoms. The maximum atomic E-state index is 13.3. The van der Waals surface area contributed by atoms with Crippen LogP contribution >= 0.6 is 0 Å². The summed E-state index contributed by atoms with van der Waals surface area (Å²) >= 11 is 0. The lowest BCUT2D eigenvalue weighted by atomic mass is 9.96. The van der Waals surface area contributed by atoms with Crippen LogP contribution in [0.2, 0.25) is 0 Å². The highest BCUT2D eigenvalue weighted by Crippen LogP contribution is 2.40. The quantitative estimate of drug-likeness (QED) is 0.719. The molecule has 1 saturated heterocycles. The van der Waals surface area contributed by atoms with Gasteiger partial charge >= 0.3 is 0 Å². The Morgan fingerprint density at radius 2 is 1.81 bits per heavy atom. The van der Waals surface area contributed by atoms with Crippen molar-refractivity contribution in [3.8, 4) is 5.75 Å². The van der Waals surface area contributed by atoms with Crippen molar-refractivity contribution in [3.63, 3.8) is 0 Å². The molecular weight excluding hydrogens is 390 g/mol. The van der Waals surface area contributed by atoms with Crippen molar-refractivity contribution < 1.29 is 14.6 Å². The fourth-order valence-electron chi connectivity index (χ4n) is 4.18. The summed E-state index contributed by atoms with van der Waals surface area (Å²) in [5.41, 5.74) is 2.67. The van der Waals surface area contributed by atoms with Gasteiger partial charge in [-0.15, -0.1) is 0 Å². The molecule has 1 fully saturated rings. The van der Waals surface area contributed by atoms with Gasteiger partial charge in [-0.3, -0.25) is 9.80 Å². The van der Waals surface area contributed by atoms with E-state index in [0.717, 1.165) is 16.9 Å². The normalized spacial score (nSPS) is 24.1. The molecule has 2 unspecified atom stereocenters. The second-order valence-electron chi connectivity index (χ2n) is 7.62. The lowest BCUT2D eigenvalue weighted by Crippen LogP contribution is -2.58. The molecule has 0 spiro atoms. The largest absolute Gasteiger partial charge is 0.505 e. The Labute approximate surface area is 181 Å². The van der Waals surface area contributed by atoms with Crippen LogP contribution in [-0.2, 0) is 4.79 Å². The average molecular weight is 413 g/mol. The predicted molar refractivity (Wildman–Crippen MR) is 118 cm³/mol. The number of amides is 1. The third kappa shape index (κ3) is 3.31. The van der Waals surface area contributed by atoms with Gasteiger partial charge < -0.3 is 14.7 Å². The van der Waals surface area contributed by atoms with Gasteiger partial charge in [-0.25, -0.2) is 0 Å². The summed E-state index contributed by atoms with van der Waals surface area (Å²) in [6, 6.07) is 17.8. The molecule has 2 aromatic carbocycles. The fourth-order valence-corrected chi connectivity index (χ4v) is 4.18. The summed E-state index contributed by atoms with van der Waals surface area (Å²) in [7, 11) is 0. The molecule has 2 aromatic rings. The van der Waals surface area contributed by atoms with E-state index in [4.69, 9.17) is 4.74 Å². The maximum Gasteiger partial charge on any atom is 0.277 e. The van der Waals surface area contributed by atoms with E-state index in [9.17, 15) is 9.90 Å². The van der Waals surface area contributed by atoms with Crippen molar-refractivity contribution in [2.45, 2.75) is 6.04 Å². The molecule has 0 aliphatic carbocycles. The SMILES string of the molecule is C=C1C=CN2C(=C1O)C(=O)N1C/C=C\COc3ccccc3C(c3ccccc3)N2C1. The number of hydrazine groups is 1. The molecule has 1 amide bonds. The van der Waals surface area contributed by atoms with Crippen molar-refractivity contribution in [1.29, 1.82) is 0 Å². The fraction of sp³-hybridized carbons (Fsp3) is 0.160. The van der Waals surface area contributed by atoms with Gasteiger partial charge in [-0.2, -0.15) is 5.01 Å². The highest BCUT2D eigenvalue weighted by molar-refractivity contribution is 5.95. The number of aliphatic hydroxyl groups excluding tert-OH is 1. The molecular formula is C25H23N3O3. The first-order valence-corrected chi connectivity index (χ1v) is 10.2. The molecule has 0 radical (unpaired) electrons. The standard InChI is InChI=1S/C25H23N3O3/c1-18-13-15-27-23(24(18)29)25(30)26-14-7-8-16-31-21-12-6-5-11-20(21)22(28(27)17-26)19-9-3-2-4-10-19/h2-13,15,22,29H,1,14,16-17H2/b8-7-. The minimum atomic E-state index is -0.245. The van der Waals surface area contributed by atoms with Crippen LogP contribution < -0.4 is 4.74 Å². The number of hydrogen-bond acceptors (Lipinski definition) is 5. The van der Waals surface area contributed by atoms with Gasteiger partial charge in [0, 0.05) is 23.9 Å². The first-order chi connectivity index (χ1) is 15.1. The van der Waals surface area contributed by atoms with Crippen LogP contribution in [-0.4, -0.2) is 45.8 Å². The number of ether oxygens (including phenoxy) is 1. The van der Waals surface area contributed by atoms with Crippen molar-refractivity contribution in [1.82, 2.24) is 14.9 Å². The van der Waals surface area contributed by atoms with Crippen molar-refractivity contribution in [2.75, 3.05) is 19.8 Å². The number of carbonyl (C=O) groups is 1. The Morgan fingerprint density at radius 1 is 1.03 bits per heavy atom. The van der Waals surface area contributed by atoms with Gasteiger partial charge in [0.15, 0.2) is 11.5 Å². The minimum Gasteiger partial charge on any atom is -0.505 e. The van der Waals surface area contributed by atoms with E-state index in [1.54, 1.807) is 22.2 Å². The highest BCUT2D eigenvalue weighted by Gasteiger charge is 2.42. The van der Waals surface area contributed by atoms with Crippen molar-refractivity contribution in [2.24, 2.45) is 0 Å². The van der Waals surface area contributed by atoms with E-state index in [-0.39, 0.29) is 23.4 Å². The molecule has 0 saturated carbocycles. The smallest absolute Gasteiger partial charge is 0.277 e. The summed E-state index contributed by atoms with van der Waals surface area (Å²) in [6.45, 7) is 5.05. The van der Waals surface area contributed by atoms with E-state index in [1.165, 1.54) is 0 Å². The Bertz CT molecular complexity index is 1120. The Morgan fingerprint density at radius 3 is 2.65 bits per heavy atom. The number of carbonyl (C=O) groups excluding carboxylic acids is 1. The Hall–Kier alpha value is -3.77. The second-order valence-corrected chi connectivity index (χ2v) is 7.62. The summed E-state index contributed by atoms with van der Waals surface area (Å²) in [4.78, 5) is 15.0. The van der Waals surface area contributed by atoms with E-state index in [2.05, 4.69) is 23.7 Å². The van der Waals surface area contributed by atoms with E-state index in [0.29, 0.717) is 25.4 Å². The zero-order valence-corrected chi connectivity index (χ0v) is 17.0. The number of rotatable bonds is 1. The van der Waals surface area contributed by atoms with Gasteiger partial charge in [0.25, 0.3) is 5.91 Å². The molecule has 0 aromatic heterocycles. The van der Waals surface area contributed by atoms with Crippen molar-refractivity contribution >= 4 is 5.91 Å². The zero-order valence-electron chi connectivity index (χ0n) is 17.0. The molecule has 31 heavy (non-hydrogen) atoms. The molecule has 6 nitrogen and oxygen atoms in total. The molecule has 2 bridgehead atoms. The molecule has 156 valence electrons. The van der Waals surface area contributed by atoms with Crippen LogP contribution in [0.25, 0.3) is 0 Å². The van der Waals surface area contributed by atoms with E-state index >= 15 is 0 Å². The maximum absolute atomic E-state index is 13.3. The van der Waals surface area contributed by atoms with Crippen molar-refractivity contribution in [3.05, 3.63) is 114 Å². The van der Waals surface area contributed by atoms with E-state index < -0.39 is 0 Å². The summed E-state index contributed by atoms with van der Waals surface area (Å²) < 4.78 is 6.09. The number of aliphatic hydroxyl groups is 1. The van der Waals surface area contributed by atoms with Gasteiger partial charge in [0.1, 0.15) is 12.4 Å². The number of nitrogens with zero attached hydrogens (tertiary/aromatic N) is 3. The van der Waals surface area contributed by atoms with Crippen LogP contribution in [0, 0.1) is 0 Å². The lowest BCUT2D eigenvalue weighted by molar-refractivity contribution is -0.147. The molecule has 1 N–H and O–H groups in total. The number of benzene rings is 2. The molecule has 3 aliphatic heterocycles. The number of fused-ring (bicyclic) bond motifs is 5. The molecule has 2 atom stereocenters. The molecule has 3 aliphatic rings. The minimum absolute atomic E-state index is 0.0996. The first kappa shape index (κ1) is 19.2. The average Bonchev–Trinajstić information content (AvgIpc) is 2.82. The van der Waals surface area contributed by atoms with Crippen LogP contribution in [0.3, 0.4) is 0 Å². The first-order valence-electron chi connectivity index (χ1n) is 10.2. The topological polar surface area (TPSA) is 56.3 Å². The Kier molecular flexibility index (Phi) is 4.84. The lowest BCUT2D eigenvalue weighted by Gasteiger charge is -2.48. The number of allylic oxidation sites excluding steroid dienone is 1. The van der Waals surface area contributed by atoms with Crippen LogP contribution in [0.15, 0.2) is 103 Å². The predicted octanol–water partition coefficient (Wildman–Crippen LogP) is 3.90. The zero-order chi connectivity index (χ0) is 21.4. The Balaban J connectivity index is 1.74. The second kappa shape index (κ2) is 7.81. The number of para-hydroxylation sites is 1. The summed E-state index contributed by atoms with van der Waals surface area (Å²) in [6.07, 6.45) is 7.35. The van der Waals surface area contributed by atoms with Crippen LogP contribution in [0.1, 0.15) is 17.2 Å². The molecule has 3 heterocycles. The monoisotopic (exact) mass is 413 g/mol. The third-order valence-electron chi connectivity index (χ3n) is 5.71. The van der Waals surface area contributed by atoms with Crippen LogP contribution in [0.4, 0.5) is 0 Å².